The number of esters is 1. The Bertz CT molecular complexity index is 1810. The fraction of sp³-hybridized carbons (Fsp3) is 0.755. The number of rotatable bonds is 9. The number of methoxy groups -OCH3 is 3. The second-order valence-corrected chi connectivity index (χ2v) is 20.2. The Kier molecular flexibility index (Phi) is 22.9. The van der Waals surface area contributed by atoms with Gasteiger partial charge in [-0.15, -0.1) is 0 Å². The molecule has 4 rings (SSSR count). The highest BCUT2D eigenvalue weighted by atomic mass is 16.6. The highest BCUT2D eigenvalue weighted by Gasteiger charge is 2.53. The quantitative estimate of drug-likeness (QED) is 0.134. The molecule has 4 aliphatic rings. The summed E-state index contributed by atoms with van der Waals surface area (Å²) in [5, 5.41) is 32.8. The molecular formula is C53H83NO14. The molecule has 3 aliphatic heterocycles. The van der Waals surface area contributed by atoms with Gasteiger partial charge in [-0.05, 0) is 107 Å². The van der Waals surface area contributed by atoms with E-state index in [-0.39, 0.29) is 74.1 Å². The summed E-state index contributed by atoms with van der Waals surface area (Å²) in [5.41, 5.74) is 1.26. The maximum Gasteiger partial charge on any atom is 0.329 e. The molecule has 0 spiro atoms. The number of nitrogens with zero attached hydrogens (tertiary/aromatic N) is 1. The lowest BCUT2D eigenvalue weighted by molar-refractivity contribution is -0.265. The minimum atomic E-state index is -2.43. The summed E-state index contributed by atoms with van der Waals surface area (Å²) < 4.78 is 35.6. The van der Waals surface area contributed by atoms with Crippen molar-refractivity contribution in [1.29, 1.82) is 0 Å². The van der Waals surface area contributed by atoms with E-state index in [1.165, 1.54) is 12.0 Å². The van der Waals surface area contributed by atoms with E-state index in [0.29, 0.717) is 63.4 Å². The van der Waals surface area contributed by atoms with Crippen LogP contribution in [-0.2, 0) is 52.4 Å². The molecule has 1 aliphatic carbocycles. The third-order valence-corrected chi connectivity index (χ3v) is 14.9. The third kappa shape index (κ3) is 15.3. The second kappa shape index (κ2) is 27.3. The van der Waals surface area contributed by atoms with Gasteiger partial charge in [-0.1, -0.05) is 71.1 Å². The van der Waals surface area contributed by atoms with Gasteiger partial charge in [-0.25, -0.2) is 4.79 Å². The molecule has 1 amide bonds. The number of carbonyl (C=O) groups is 5. The van der Waals surface area contributed by atoms with Crippen molar-refractivity contribution in [2.24, 2.45) is 35.5 Å². The van der Waals surface area contributed by atoms with Crippen LogP contribution in [0, 0.1) is 35.5 Å². The fourth-order valence-corrected chi connectivity index (χ4v) is 10.5. The SMILES string of the molecule is CO[C@H]1C[C@@H]2CC[C@@H](C)[C@@](O)(O2)C(=O)C(=O)N2CCCC[C@H]2C(=O)O[C@H]([C@H](C)CC2CC[C@@H](OCCO)[C@H](OC)C2)CC(=O)[C@H](C)/C=C(\C)[C@@H](O)[C@@H](OC)C(=O)[C@H](C)C[C@H](C)/C=C/C=C/C=C/1C. The minimum absolute atomic E-state index is 0.0158. The predicted octanol–water partition coefficient (Wildman–Crippen LogP) is 6.20. The molecule has 0 aromatic rings. The summed E-state index contributed by atoms with van der Waals surface area (Å²) in [4.78, 5) is 72.1. The van der Waals surface area contributed by atoms with Crippen molar-refractivity contribution >= 4 is 29.2 Å². The van der Waals surface area contributed by atoms with Crippen LogP contribution in [-0.4, -0.2) is 145 Å². The first kappa shape index (κ1) is 57.2. The van der Waals surface area contributed by atoms with Gasteiger partial charge >= 0.3 is 5.97 Å². The number of Topliss-reactive ketones (excluding diaryl/α,β-unsaturated/α-hetero) is 3. The summed E-state index contributed by atoms with van der Waals surface area (Å²) in [6, 6.07) is -1.14. The predicted molar refractivity (Wildman–Crippen MR) is 256 cm³/mol. The number of hydrogen-bond acceptors (Lipinski definition) is 14. The second-order valence-electron chi connectivity index (χ2n) is 20.2. The highest BCUT2D eigenvalue weighted by molar-refractivity contribution is 6.39. The van der Waals surface area contributed by atoms with E-state index in [1.807, 2.05) is 58.1 Å². The van der Waals surface area contributed by atoms with Crippen molar-refractivity contribution in [2.75, 3.05) is 41.1 Å². The van der Waals surface area contributed by atoms with E-state index < -0.39 is 77.8 Å². The Morgan fingerprint density at radius 3 is 2.26 bits per heavy atom. The van der Waals surface area contributed by atoms with Crippen LogP contribution in [0.2, 0.25) is 0 Å². The van der Waals surface area contributed by atoms with Crippen LogP contribution in [0.15, 0.2) is 47.6 Å². The van der Waals surface area contributed by atoms with E-state index >= 15 is 0 Å². The summed E-state index contributed by atoms with van der Waals surface area (Å²) in [6.45, 7) is 12.9. The van der Waals surface area contributed by atoms with Gasteiger partial charge in [0.25, 0.3) is 11.7 Å². The highest BCUT2D eigenvalue weighted by Crippen LogP contribution is 2.38. The average molecular weight is 958 g/mol. The van der Waals surface area contributed by atoms with E-state index in [9.17, 15) is 39.3 Å². The molecule has 3 N–H and O–H groups in total. The van der Waals surface area contributed by atoms with Crippen LogP contribution in [0.3, 0.4) is 0 Å². The first-order valence-corrected chi connectivity index (χ1v) is 25.0. The van der Waals surface area contributed by atoms with Crippen LogP contribution >= 0.6 is 0 Å². The molecule has 2 saturated heterocycles. The lowest BCUT2D eigenvalue weighted by Crippen LogP contribution is -2.61. The van der Waals surface area contributed by atoms with E-state index in [2.05, 4.69) is 0 Å². The maximum absolute atomic E-state index is 14.5. The number of fused-ring (bicyclic) bond motifs is 3. The number of aliphatic hydroxyl groups is 3. The van der Waals surface area contributed by atoms with Crippen molar-refractivity contribution in [3.63, 3.8) is 0 Å². The van der Waals surface area contributed by atoms with E-state index in [0.717, 1.165) is 12.0 Å². The Balaban J connectivity index is 1.70. The molecule has 0 radical (unpaired) electrons. The van der Waals surface area contributed by atoms with Crippen LogP contribution in [0.4, 0.5) is 0 Å². The normalized spacial score (nSPS) is 39.2. The van der Waals surface area contributed by atoms with Crippen molar-refractivity contribution in [3.8, 4) is 0 Å². The number of carbonyl (C=O) groups excluding carboxylic acids is 5. The largest absolute Gasteiger partial charge is 0.460 e. The van der Waals surface area contributed by atoms with Crippen LogP contribution in [0.25, 0.3) is 0 Å². The summed E-state index contributed by atoms with van der Waals surface area (Å²) in [6.07, 6.45) is 12.0. The van der Waals surface area contributed by atoms with Gasteiger partial charge in [0.15, 0.2) is 5.78 Å². The van der Waals surface area contributed by atoms with Gasteiger partial charge in [0.05, 0.1) is 37.6 Å². The van der Waals surface area contributed by atoms with Crippen molar-refractivity contribution in [3.05, 3.63) is 47.6 Å². The van der Waals surface area contributed by atoms with Crippen molar-refractivity contribution < 1.29 is 67.7 Å². The Morgan fingerprint density at radius 2 is 1.59 bits per heavy atom. The number of hydrogen-bond donors (Lipinski definition) is 3. The molecule has 15 nitrogen and oxygen atoms in total. The number of aliphatic hydroxyl groups excluding tert-OH is 2. The summed E-state index contributed by atoms with van der Waals surface area (Å²) in [5.74, 6) is -7.96. The standard InChI is InChI=1S/C53H83NO14/c1-32-16-12-11-13-17-33(2)44(63-8)30-40-21-19-38(7)53(62,68-40)50(59)51(60)54-23-15-14-18-41(54)52(61)67-45(35(4)28-39-20-22-43(66-25-24-55)46(29-39)64-9)31-42(56)34(3)27-37(6)48(58)49(65-10)47(57)36(5)26-32/h11-13,16-17,27,32,34-36,38-41,43-46,48-49,55,58,62H,14-15,18-26,28-31H2,1-10H3/b13-11+,16-12+,33-17+,37-27+/t32-,34-,35-,36-,38-,39?,40+,41+,43-,44+,45+,46-,48-,49+,53-/m1/s1. The Morgan fingerprint density at radius 1 is 0.853 bits per heavy atom. The van der Waals surface area contributed by atoms with Gasteiger partial charge < -0.3 is 48.6 Å². The molecule has 15 atom stereocenters. The number of ether oxygens (including phenoxy) is 6. The fourth-order valence-electron chi connectivity index (χ4n) is 10.5. The first-order chi connectivity index (χ1) is 32.3. The topological polar surface area (TPSA) is 205 Å². The monoisotopic (exact) mass is 958 g/mol. The smallest absolute Gasteiger partial charge is 0.329 e. The molecule has 1 saturated carbocycles. The molecule has 2 bridgehead atoms. The van der Waals surface area contributed by atoms with Crippen molar-refractivity contribution in [2.45, 2.75) is 180 Å². The molecule has 384 valence electrons. The van der Waals surface area contributed by atoms with Crippen LogP contribution in [0.1, 0.15) is 126 Å². The number of ketones is 3. The van der Waals surface area contributed by atoms with Crippen LogP contribution < -0.4 is 0 Å². The first-order valence-electron chi connectivity index (χ1n) is 25.0. The van der Waals surface area contributed by atoms with Gasteiger partial charge in [0, 0.05) is 58.5 Å². The van der Waals surface area contributed by atoms with Crippen LogP contribution in [0.5, 0.6) is 0 Å². The number of cyclic esters (lactones) is 1. The Labute approximate surface area is 405 Å². The number of piperidine rings is 1. The average Bonchev–Trinajstić information content (AvgIpc) is 3.32. The lowest BCUT2D eigenvalue weighted by atomic mass is 9.78. The third-order valence-electron chi connectivity index (χ3n) is 14.9. The van der Waals surface area contributed by atoms with Crippen molar-refractivity contribution in [1.82, 2.24) is 4.90 Å². The number of allylic oxidation sites excluding steroid dienone is 6. The molecule has 68 heavy (non-hydrogen) atoms. The molecule has 0 aromatic carbocycles. The number of amides is 1. The van der Waals surface area contributed by atoms with E-state index in [1.54, 1.807) is 41.1 Å². The molecule has 3 fully saturated rings. The van der Waals surface area contributed by atoms with Gasteiger partial charge in [-0.3, -0.25) is 19.2 Å². The summed E-state index contributed by atoms with van der Waals surface area (Å²) >= 11 is 0. The zero-order valence-electron chi connectivity index (χ0n) is 42.4. The molecular weight excluding hydrogens is 875 g/mol. The zero-order valence-corrected chi connectivity index (χ0v) is 42.4. The van der Waals surface area contributed by atoms with Gasteiger partial charge in [-0.2, -0.15) is 0 Å². The Hall–Kier alpha value is -3.41. The maximum atomic E-state index is 14.5. The lowest BCUT2D eigenvalue weighted by Gasteiger charge is -2.42. The molecule has 0 aromatic heterocycles. The van der Waals surface area contributed by atoms with E-state index in [4.69, 9.17) is 28.4 Å². The minimum Gasteiger partial charge on any atom is -0.460 e. The molecule has 1 unspecified atom stereocenters. The molecule has 3 heterocycles. The molecule has 15 heteroatoms. The summed E-state index contributed by atoms with van der Waals surface area (Å²) in [7, 11) is 4.58. The zero-order chi connectivity index (χ0) is 50.3. The van der Waals surface area contributed by atoms with Gasteiger partial charge in [0.1, 0.15) is 30.1 Å². The van der Waals surface area contributed by atoms with Gasteiger partial charge in [0.2, 0.25) is 5.79 Å².